The van der Waals surface area contributed by atoms with Crippen molar-refractivity contribution in [2.45, 2.75) is 0 Å². The summed E-state index contributed by atoms with van der Waals surface area (Å²) in [5, 5.41) is 14.9. The van der Waals surface area contributed by atoms with Crippen molar-refractivity contribution in [1.29, 1.82) is 0 Å². The molecule has 0 radical (unpaired) electrons. The summed E-state index contributed by atoms with van der Waals surface area (Å²) in [7, 11) is 0. The van der Waals surface area contributed by atoms with Crippen LogP contribution < -0.4 is 0 Å². The van der Waals surface area contributed by atoms with Gasteiger partial charge in [-0.3, -0.25) is 0 Å². The molecule has 0 N–H and O–H groups in total. The van der Waals surface area contributed by atoms with Gasteiger partial charge >= 0.3 is 0 Å². The van der Waals surface area contributed by atoms with Crippen molar-refractivity contribution in [1.82, 2.24) is 15.0 Å². The van der Waals surface area contributed by atoms with E-state index in [1.807, 2.05) is 36.4 Å². The Morgan fingerprint density at radius 3 is 1.08 bits per heavy atom. The molecule has 12 aromatic rings. The van der Waals surface area contributed by atoms with Gasteiger partial charge in [-0.15, -0.1) is 0 Å². The number of hydrogen-bond acceptors (Lipinski definition) is 3. The molecule has 11 aromatic carbocycles. The average Bonchev–Trinajstić information content (AvgIpc) is 3.34. The summed E-state index contributed by atoms with van der Waals surface area (Å²) < 4.78 is 0. The summed E-state index contributed by atoms with van der Waals surface area (Å²) in [6, 6.07) is 75.9. The minimum absolute atomic E-state index is 0.634. The molecule has 0 saturated carbocycles. The quantitative estimate of drug-likeness (QED) is 0.164. The first kappa shape index (κ1) is 34.1. The molecule has 0 bridgehead atoms. The third-order valence-corrected chi connectivity index (χ3v) is 12.1. The van der Waals surface area contributed by atoms with Gasteiger partial charge in [0.05, 0.1) is 0 Å². The first-order valence-corrected chi connectivity index (χ1v) is 20.4. The molecule has 0 aliphatic heterocycles. The lowest BCUT2D eigenvalue weighted by Crippen LogP contribution is -2.01. The molecule has 0 aliphatic rings. The van der Waals surface area contributed by atoms with Crippen LogP contribution in [-0.4, -0.2) is 15.0 Å². The van der Waals surface area contributed by atoms with Crippen LogP contribution in [0.3, 0.4) is 0 Å². The Labute approximate surface area is 346 Å². The van der Waals surface area contributed by atoms with E-state index >= 15 is 0 Å². The van der Waals surface area contributed by atoms with Crippen LogP contribution in [0.2, 0.25) is 0 Å². The highest BCUT2D eigenvalue weighted by molar-refractivity contribution is 6.30. The minimum atomic E-state index is 0.634. The molecule has 0 aliphatic carbocycles. The Hall–Kier alpha value is -8.01. The van der Waals surface area contributed by atoms with Crippen LogP contribution in [0.25, 0.3) is 121 Å². The monoisotopic (exact) mass is 761 g/mol. The van der Waals surface area contributed by atoms with E-state index in [1.165, 1.54) is 70.2 Å². The van der Waals surface area contributed by atoms with Gasteiger partial charge in [0, 0.05) is 22.3 Å². The second-order valence-corrected chi connectivity index (χ2v) is 15.5. The van der Waals surface area contributed by atoms with E-state index in [4.69, 9.17) is 15.0 Å². The van der Waals surface area contributed by atoms with E-state index in [-0.39, 0.29) is 0 Å². The van der Waals surface area contributed by atoms with Crippen molar-refractivity contribution < 1.29 is 0 Å². The fraction of sp³-hybridized carbons (Fsp3) is 0. The Bertz CT molecular complexity index is 3510. The van der Waals surface area contributed by atoms with Gasteiger partial charge in [0.1, 0.15) is 0 Å². The van der Waals surface area contributed by atoms with Crippen molar-refractivity contribution in [3.05, 3.63) is 212 Å². The Morgan fingerprint density at radius 1 is 0.217 bits per heavy atom. The van der Waals surface area contributed by atoms with E-state index < -0.39 is 0 Å². The van der Waals surface area contributed by atoms with Crippen LogP contribution >= 0.6 is 0 Å². The third kappa shape index (κ3) is 5.48. The second-order valence-electron chi connectivity index (χ2n) is 15.5. The molecule has 0 unspecified atom stereocenters. The fourth-order valence-electron chi connectivity index (χ4n) is 9.33. The Balaban J connectivity index is 1.11. The molecule has 278 valence electrons. The van der Waals surface area contributed by atoms with Gasteiger partial charge in [0.15, 0.2) is 17.5 Å². The van der Waals surface area contributed by atoms with Crippen LogP contribution in [0.1, 0.15) is 0 Å². The first-order valence-electron chi connectivity index (χ1n) is 20.4. The Morgan fingerprint density at radius 2 is 0.567 bits per heavy atom. The van der Waals surface area contributed by atoms with E-state index in [0.29, 0.717) is 17.5 Å². The molecule has 1 aromatic heterocycles. The Kier molecular flexibility index (Phi) is 7.85. The second kappa shape index (κ2) is 13.8. The summed E-state index contributed by atoms with van der Waals surface area (Å²) in [5.41, 5.74) is 7.38. The summed E-state index contributed by atoms with van der Waals surface area (Å²) in [4.78, 5) is 15.5. The number of rotatable bonds is 5. The van der Waals surface area contributed by atoms with E-state index in [2.05, 4.69) is 176 Å². The van der Waals surface area contributed by atoms with E-state index in [0.717, 1.165) is 33.4 Å². The van der Waals surface area contributed by atoms with Crippen molar-refractivity contribution in [2.24, 2.45) is 0 Å². The van der Waals surface area contributed by atoms with Gasteiger partial charge in [-0.1, -0.05) is 200 Å². The highest BCUT2D eigenvalue weighted by Crippen LogP contribution is 2.45. The lowest BCUT2D eigenvalue weighted by molar-refractivity contribution is 1.07. The van der Waals surface area contributed by atoms with E-state index in [9.17, 15) is 0 Å². The zero-order valence-electron chi connectivity index (χ0n) is 32.5. The van der Waals surface area contributed by atoms with Gasteiger partial charge in [-0.05, 0) is 93.5 Å². The summed E-state index contributed by atoms with van der Waals surface area (Å²) in [6.45, 7) is 0. The molecular weight excluding hydrogens is 727 g/mol. The van der Waals surface area contributed by atoms with Gasteiger partial charge in [0.2, 0.25) is 0 Å². The predicted molar refractivity (Wildman–Crippen MR) is 252 cm³/mol. The molecule has 0 amide bonds. The molecule has 0 spiro atoms. The number of aromatic nitrogens is 3. The van der Waals surface area contributed by atoms with Crippen LogP contribution in [0.15, 0.2) is 212 Å². The third-order valence-electron chi connectivity index (χ3n) is 12.1. The van der Waals surface area contributed by atoms with Gasteiger partial charge in [-0.25, -0.2) is 15.0 Å². The van der Waals surface area contributed by atoms with Crippen LogP contribution in [0.5, 0.6) is 0 Å². The van der Waals surface area contributed by atoms with Crippen LogP contribution in [0, 0.1) is 0 Å². The molecule has 0 saturated heterocycles. The molecule has 0 fully saturated rings. The van der Waals surface area contributed by atoms with Crippen LogP contribution in [0.4, 0.5) is 0 Å². The zero-order valence-corrected chi connectivity index (χ0v) is 32.5. The highest BCUT2D eigenvalue weighted by Gasteiger charge is 2.21. The minimum Gasteiger partial charge on any atom is -0.208 e. The van der Waals surface area contributed by atoms with Gasteiger partial charge in [0.25, 0.3) is 0 Å². The lowest BCUT2D eigenvalue weighted by Gasteiger charge is -2.18. The largest absolute Gasteiger partial charge is 0.208 e. The smallest absolute Gasteiger partial charge is 0.164 e. The van der Waals surface area contributed by atoms with Crippen LogP contribution in [-0.2, 0) is 0 Å². The number of nitrogens with zero attached hydrogens (tertiary/aromatic N) is 3. The van der Waals surface area contributed by atoms with Crippen molar-refractivity contribution in [3.8, 4) is 56.4 Å². The molecule has 3 nitrogen and oxygen atoms in total. The highest BCUT2D eigenvalue weighted by atomic mass is 15.0. The maximum atomic E-state index is 5.25. The maximum absolute atomic E-state index is 5.25. The average molecular weight is 762 g/mol. The first-order chi connectivity index (χ1) is 29.8. The van der Waals surface area contributed by atoms with Crippen molar-refractivity contribution in [2.75, 3.05) is 0 Å². The van der Waals surface area contributed by atoms with Gasteiger partial charge < -0.3 is 0 Å². The standard InChI is InChI=1S/C57H35N3/c1-3-15-38(16-4-1)55-58-56(39-17-5-2-6-18-39)60-57(59-55)51-34-33-50-46-24-11-9-22-44(46)45-23-13-14-26-49(45)54(50)53(51)37-29-27-36(28-30-37)40-31-32-48-43-21-8-7-19-41(43)42-20-10-12-25-47(42)52(48)35-40/h1-35H. The van der Waals surface area contributed by atoms with Crippen molar-refractivity contribution >= 4 is 64.6 Å². The summed E-state index contributed by atoms with van der Waals surface area (Å²) in [6.07, 6.45) is 0. The van der Waals surface area contributed by atoms with Gasteiger partial charge in [-0.2, -0.15) is 0 Å². The molecule has 0 atom stereocenters. The topological polar surface area (TPSA) is 38.7 Å². The SMILES string of the molecule is c1ccc(-c2nc(-c3ccccc3)nc(-c3ccc4c5ccccc5c5ccccc5c4c3-c3ccc(-c4ccc5c6ccccc6c6ccccc6c5c4)cc3)n2)cc1. The molecule has 12 rings (SSSR count). The van der Waals surface area contributed by atoms with Crippen molar-refractivity contribution in [3.63, 3.8) is 0 Å². The van der Waals surface area contributed by atoms with E-state index in [1.54, 1.807) is 0 Å². The molecule has 3 heteroatoms. The normalized spacial score (nSPS) is 11.7. The summed E-state index contributed by atoms with van der Waals surface area (Å²) >= 11 is 0. The number of fused-ring (bicyclic) bond motifs is 12. The zero-order chi connectivity index (χ0) is 39.6. The maximum Gasteiger partial charge on any atom is 0.164 e. The lowest BCUT2D eigenvalue weighted by atomic mass is 9.86. The molecule has 60 heavy (non-hydrogen) atoms. The molecular formula is C57H35N3. The molecule has 1 heterocycles. The number of hydrogen-bond donors (Lipinski definition) is 0. The predicted octanol–water partition coefficient (Wildman–Crippen LogP) is 15.1. The fourth-order valence-corrected chi connectivity index (χ4v) is 9.33. The number of benzene rings is 11. The summed E-state index contributed by atoms with van der Waals surface area (Å²) in [5.74, 6) is 1.91.